The zero-order valence-electron chi connectivity index (χ0n) is 11.6. The Morgan fingerprint density at radius 3 is 2.68 bits per heavy atom. The summed E-state index contributed by atoms with van der Waals surface area (Å²) in [7, 11) is 0. The number of carboxylic acids is 1. The highest BCUT2D eigenvalue weighted by molar-refractivity contribution is 6.30. The lowest BCUT2D eigenvalue weighted by molar-refractivity contribution is -0.137. The van der Waals surface area contributed by atoms with E-state index in [4.69, 9.17) is 21.1 Å². The van der Waals surface area contributed by atoms with Crippen LogP contribution in [0.2, 0.25) is 5.02 Å². The Morgan fingerprint density at radius 1 is 1.41 bits per heavy atom. The van der Waals surface area contributed by atoms with Crippen molar-refractivity contribution in [3.05, 3.63) is 58.3 Å². The first-order chi connectivity index (χ1) is 10.4. The largest absolute Gasteiger partial charge is 0.481 e. The summed E-state index contributed by atoms with van der Waals surface area (Å²) in [6.45, 7) is 1.69. The highest BCUT2D eigenvalue weighted by Gasteiger charge is 2.22. The SMILES string of the molecule is Cc1ccoc1C(=O)N[C@H](CC(=O)O)c1ccc(Cl)c(F)c1. The van der Waals surface area contributed by atoms with Crippen molar-refractivity contribution in [1.29, 1.82) is 0 Å². The van der Waals surface area contributed by atoms with Crippen molar-refractivity contribution in [3.8, 4) is 0 Å². The fourth-order valence-corrected chi connectivity index (χ4v) is 2.10. The van der Waals surface area contributed by atoms with Crippen molar-refractivity contribution in [3.63, 3.8) is 0 Å². The Kier molecular flexibility index (Phi) is 4.82. The highest BCUT2D eigenvalue weighted by Crippen LogP contribution is 2.23. The fourth-order valence-electron chi connectivity index (χ4n) is 1.99. The number of aryl methyl sites for hydroxylation is 1. The number of nitrogens with one attached hydrogen (secondary N) is 1. The number of halogens is 2. The molecule has 1 aromatic carbocycles. The molecule has 2 N–H and O–H groups in total. The molecule has 116 valence electrons. The minimum Gasteiger partial charge on any atom is -0.481 e. The molecule has 1 heterocycles. The van der Waals surface area contributed by atoms with E-state index in [1.165, 1.54) is 18.4 Å². The Hall–Kier alpha value is -2.34. The summed E-state index contributed by atoms with van der Waals surface area (Å²) in [5.74, 6) is -2.29. The molecule has 1 aromatic heterocycles. The molecule has 22 heavy (non-hydrogen) atoms. The molecule has 0 aliphatic rings. The smallest absolute Gasteiger partial charge is 0.305 e. The van der Waals surface area contributed by atoms with Gasteiger partial charge < -0.3 is 14.8 Å². The zero-order valence-corrected chi connectivity index (χ0v) is 12.4. The van der Waals surface area contributed by atoms with Crippen LogP contribution in [0.3, 0.4) is 0 Å². The van der Waals surface area contributed by atoms with Gasteiger partial charge in [0.25, 0.3) is 5.91 Å². The van der Waals surface area contributed by atoms with Crippen molar-refractivity contribution >= 4 is 23.5 Å². The third kappa shape index (κ3) is 3.65. The maximum Gasteiger partial charge on any atom is 0.305 e. The summed E-state index contributed by atoms with van der Waals surface area (Å²) in [6, 6.07) is 4.59. The van der Waals surface area contributed by atoms with Crippen LogP contribution in [0.1, 0.15) is 34.1 Å². The van der Waals surface area contributed by atoms with E-state index in [1.54, 1.807) is 13.0 Å². The third-order valence-electron chi connectivity index (χ3n) is 3.10. The van der Waals surface area contributed by atoms with Crippen molar-refractivity contribution in [2.24, 2.45) is 0 Å². The van der Waals surface area contributed by atoms with Crippen molar-refractivity contribution in [2.75, 3.05) is 0 Å². The van der Waals surface area contributed by atoms with Crippen LogP contribution in [-0.2, 0) is 4.79 Å². The molecule has 0 saturated carbocycles. The van der Waals surface area contributed by atoms with Gasteiger partial charge in [-0.3, -0.25) is 9.59 Å². The quantitative estimate of drug-likeness (QED) is 0.883. The molecule has 5 nitrogen and oxygen atoms in total. The maximum absolute atomic E-state index is 13.5. The summed E-state index contributed by atoms with van der Waals surface area (Å²) in [6.07, 6.45) is 0.963. The van der Waals surface area contributed by atoms with Gasteiger partial charge in [-0.1, -0.05) is 17.7 Å². The van der Waals surface area contributed by atoms with E-state index in [0.717, 1.165) is 6.07 Å². The van der Waals surface area contributed by atoms with Crippen molar-refractivity contribution < 1.29 is 23.5 Å². The number of hydrogen-bond donors (Lipinski definition) is 2. The van der Waals surface area contributed by atoms with Gasteiger partial charge in [-0.25, -0.2) is 4.39 Å². The Morgan fingerprint density at radius 2 is 2.14 bits per heavy atom. The topological polar surface area (TPSA) is 79.5 Å². The van der Waals surface area contributed by atoms with Gasteiger partial charge in [0, 0.05) is 5.56 Å². The summed E-state index contributed by atoms with van der Waals surface area (Å²) < 4.78 is 18.6. The van der Waals surface area contributed by atoms with Crippen LogP contribution < -0.4 is 5.32 Å². The van der Waals surface area contributed by atoms with Crippen LogP contribution in [0.4, 0.5) is 4.39 Å². The fraction of sp³-hybridized carbons (Fsp3) is 0.200. The maximum atomic E-state index is 13.5. The molecule has 0 aliphatic carbocycles. The molecule has 7 heteroatoms. The van der Waals surface area contributed by atoms with Gasteiger partial charge in [0.2, 0.25) is 0 Å². The summed E-state index contributed by atoms with van der Waals surface area (Å²) in [5.41, 5.74) is 0.927. The molecule has 0 fully saturated rings. The van der Waals surface area contributed by atoms with Gasteiger partial charge in [0.05, 0.1) is 23.7 Å². The van der Waals surface area contributed by atoms with Crippen LogP contribution in [0.5, 0.6) is 0 Å². The normalized spacial score (nSPS) is 12.0. The zero-order chi connectivity index (χ0) is 16.3. The minimum absolute atomic E-state index is 0.0777. The summed E-state index contributed by atoms with van der Waals surface area (Å²) >= 11 is 5.61. The Labute approximate surface area is 130 Å². The number of hydrogen-bond acceptors (Lipinski definition) is 3. The van der Waals surface area contributed by atoms with Crippen LogP contribution in [0, 0.1) is 12.7 Å². The molecule has 0 unspecified atom stereocenters. The monoisotopic (exact) mass is 325 g/mol. The first-order valence-electron chi connectivity index (χ1n) is 6.40. The van der Waals surface area contributed by atoms with E-state index in [2.05, 4.69) is 5.32 Å². The number of carboxylic acid groups (broad SMARTS) is 1. The van der Waals surface area contributed by atoms with E-state index in [9.17, 15) is 14.0 Å². The predicted octanol–water partition coefficient (Wildman–Crippen LogP) is 3.33. The van der Waals surface area contributed by atoms with E-state index >= 15 is 0 Å². The number of amides is 1. The Bertz CT molecular complexity index is 713. The lowest BCUT2D eigenvalue weighted by atomic mass is 10.0. The molecule has 0 aliphatic heterocycles. The van der Waals surface area contributed by atoms with Crippen LogP contribution in [-0.4, -0.2) is 17.0 Å². The van der Waals surface area contributed by atoms with E-state index in [0.29, 0.717) is 11.1 Å². The molecule has 0 spiro atoms. The minimum atomic E-state index is -1.13. The molecule has 2 rings (SSSR count). The van der Waals surface area contributed by atoms with Gasteiger partial charge in [0.1, 0.15) is 5.82 Å². The summed E-state index contributed by atoms with van der Waals surface area (Å²) in [5, 5.41) is 11.4. The lowest BCUT2D eigenvalue weighted by Crippen LogP contribution is -2.30. The molecular formula is C15H13ClFNO4. The number of benzene rings is 1. The standard InChI is InChI=1S/C15H13ClFNO4/c1-8-4-5-22-14(8)15(21)18-12(7-13(19)20)9-2-3-10(16)11(17)6-9/h2-6,12H,7H2,1H3,(H,18,21)(H,19,20)/t12-/m1/s1. The number of carbonyl (C=O) groups excluding carboxylic acids is 1. The number of rotatable bonds is 5. The highest BCUT2D eigenvalue weighted by atomic mass is 35.5. The lowest BCUT2D eigenvalue weighted by Gasteiger charge is -2.17. The average Bonchev–Trinajstić information content (AvgIpc) is 2.87. The number of carbonyl (C=O) groups is 2. The molecule has 2 aromatic rings. The van der Waals surface area contributed by atoms with E-state index in [-0.39, 0.29) is 10.8 Å². The van der Waals surface area contributed by atoms with Crippen molar-refractivity contribution in [2.45, 2.75) is 19.4 Å². The second-order valence-electron chi connectivity index (χ2n) is 4.73. The molecular weight excluding hydrogens is 313 g/mol. The van der Waals surface area contributed by atoms with Crippen LogP contribution >= 0.6 is 11.6 Å². The van der Waals surface area contributed by atoms with Crippen LogP contribution in [0.15, 0.2) is 34.9 Å². The average molecular weight is 326 g/mol. The molecule has 0 saturated heterocycles. The molecule has 0 bridgehead atoms. The molecule has 1 amide bonds. The second-order valence-corrected chi connectivity index (χ2v) is 5.14. The summed E-state index contributed by atoms with van der Waals surface area (Å²) in [4.78, 5) is 23.1. The van der Waals surface area contributed by atoms with Gasteiger partial charge in [-0.15, -0.1) is 0 Å². The van der Waals surface area contributed by atoms with Gasteiger partial charge in [0.15, 0.2) is 5.76 Å². The van der Waals surface area contributed by atoms with Crippen molar-refractivity contribution in [1.82, 2.24) is 5.32 Å². The van der Waals surface area contributed by atoms with Gasteiger partial charge >= 0.3 is 5.97 Å². The van der Waals surface area contributed by atoms with E-state index in [1.807, 2.05) is 0 Å². The van der Waals surface area contributed by atoms with Crippen LogP contribution in [0.25, 0.3) is 0 Å². The number of aliphatic carboxylic acids is 1. The second kappa shape index (κ2) is 6.62. The Balaban J connectivity index is 2.26. The van der Waals surface area contributed by atoms with Gasteiger partial charge in [-0.05, 0) is 30.7 Å². The number of furan rings is 1. The predicted molar refractivity (Wildman–Crippen MR) is 77.3 cm³/mol. The first kappa shape index (κ1) is 16.0. The van der Waals surface area contributed by atoms with E-state index < -0.39 is 30.2 Å². The van der Waals surface area contributed by atoms with Gasteiger partial charge in [-0.2, -0.15) is 0 Å². The first-order valence-corrected chi connectivity index (χ1v) is 6.78. The third-order valence-corrected chi connectivity index (χ3v) is 3.40. The molecule has 0 radical (unpaired) electrons. The molecule has 1 atom stereocenters.